The van der Waals surface area contributed by atoms with Gasteiger partial charge < -0.3 is 19.1 Å². The number of hydrogen-bond acceptors (Lipinski definition) is 3. The zero-order valence-electron chi connectivity index (χ0n) is 23.2. The van der Waals surface area contributed by atoms with Crippen LogP contribution in [0.25, 0.3) is 0 Å². The number of aromatic nitrogens is 1. The van der Waals surface area contributed by atoms with Gasteiger partial charge in [0.05, 0.1) is 6.54 Å². The van der Waals surface area contributed by atoms with Crippen LogP contribution >= 0.6 is 11.6 Å². The van der Waals surface area contributed by atoms with Gasteiger partial charge in [0.25, 0.3) is 5.91 Å². The van der Waals surface area contributed by atoms with Crippen molar-refractivity contribution in [2.24, 2.45) is 0 Å². The second-order valence-corrected chi connectivity index (χ2v) is 10.2. The van der Waals surface area contributed by atoms with E-state index in [1.807, 2.05) is 55.6 Å². The summed E-state index contributed by atoms with van der Waals surface area (Å²) in [6.45, 7) is 4.62. The normalized spacial score (nSPS) is 10.9. The van der Waals surface area contributed by atoms with E-state index in [1.54, 1.807) is 46.2 Å². The Morgan fingerprint density at radius 3 is 2.29 bits per heavy atom. The lowest BCUT2D eigenvalue weighted by molar-refractivity contribution is -0.133. The zero-order valence-corrected chi connectivity index (χ0v) is 24.0. The maximum Gasteiger partial charge on any atom is 0.254 e. The quantitative estimate of drug-likeness (QED) is 0.163. The summed E-state index contributed by atoms with van der Waals surface area (Å²) >= 11 is 6.03. The van der Waals surface area contributed by atoms with Crippen molar-refractivity contribution in [3.8, 4) is 0 Å². The SMILES string of the molecule is CCOCCCN(CC(=O)N(Cc1ccccc1)Cc1cccn1Cc1ccc(F)cc1)C(=O)c1ccc(Cl)cc1. The molecule has 0 N–H and O–H groups in total. The molecule has 0 unspecified atom stereocenters. The highest BCUT2D eigenvalue weighted by Gasteiger charge is 2.23. The number of rotatable bonds is 14. The Labute approximate surface area is 245 Å². The molecule has 41 heavy (non-hydrogen) atoms. The highest BCUT2D eigenvalue weighted by Crippen LogP contribution is 2.16. The molecule has 3 aromatic carbocycles. The van der Waals surface area contributed by atoms with Gasteiger partial charge in [-0.2, -0.15) is 0 Å². The Morgan fingerprint density at radius 1 is 0.854 bits per heavy atom. The summed E-state index contributed by atoms with van der Waals surface area (Å²) in [5, 5.41) is 0.540. The Balaban J connectivity index is 1.55. The van der Waals surface area contributed by atoms with Crippen LogP contribution in [0.2, 0.25) is 5.02 Å². The first kappa shape index (κ1) is 30.0. The van der Waals surface area contributed by atoms with Crippen LogP contribution in [-0.2, 0) is 29.2 Å². The van der Waals surface area contributed by atoms with Crippen LogP contribution in [0.4, 0.5) is 4.39 Å². The summed E-state index contributed by atoms with van der Waals surface area (Å²) in [6, 6.07) is 26.8. The smallest absolute Gasteiger partial charge is 0.254 e. The number of halogens is 2. The van der Waals surface area contributed by atoms with Gasteiger partial charge >= 0.3 is 0 Å². The van der Waals surface area contributed by atoms with E-state index in [0.717, 1.165) is 16.8 Å². The first-order chi connectivity index (χ1) is 19.9. The molecule has 0 radical (unpaired) electrons. The van der Waals surface area contributed by atoms with Crippen LogP contribution in [0.1, 0.15) is 40.5 Å². The van der Waals surface area contributed by atoms with Crippen molar-refractivity contribution in [3.05, 3.63) is 130 Å². The Morgan fingerprint density at radius 2 is 1.59 bits per heavy atom. The molecule has 0 aliphatic heterocycles. The van der Waals surface area contributed by atoms with Crippen LogP contribution in [0.5, 0.6) is 0 Å². The molecule has 0 atom stereocenters. The second-order valence-electron chi connectivity index (χ2n) is 9.77. The van der Waals surface area contributed by atoms with Gasteiger partial charge in [-0.25, -0.2) is 4.39 Å². The number of carbonyl (C=O) groups excluding carboxylic acids is 2. The minimum Gasteiger partial charge on any atom is -0.382 e. The Kier molecular flexibility index (Phi) is 11.1. The third kappa shape index (κ3) is 9.03. The maximum atomic E-state index is 13.9. The van der Waals surface area contributed by atoms with Crippen molar-refractivity contribution in [2.75, 3.05) is 26.3 Å². The largest absolute Gasteiger partial charge is 0.382 e. The lowest BCUT2D eigenvalue weighted by Gasteiger charge is -2.28. The van der Waals surface area contributed by atoms with Crippen molar-refractivity contribution in [1.29, 1.82) is 0 Å². The fraction of sp³-hybridized carbons (Fsp3) is 0.273. The zero-order chi connectivity index (χ0) is 29.0. The summed E-state index contributed by atoms with van der Waals surface area (Å²) < 4.78 is 21.0. The monoisotopic (exact) mass is 575 g/mol. The van der Waals surface area contributed by atoms with Gasteiger partial charge in [-0.1, -0.05) is 54.1 Å². The van der Waals surface area contributed by atoms with Crippen LogP contribution in [0, 0.1) is 5.82 Å². The van der Waals surface area contributed by atoms with Crippen molar-refractivity contribution in [2.45, 2.75) is 33.0 Å². The van der Waals surface area contributed by atoms with Gasteiger partial charge in [-0.15, -0.1) is 0 Å². The van der Waals surface area contributed by atoms with Gasteiger partial charge in [0.2, 0.25) is 5.91 Å². The molecule has 0 aliphatic carbocycles. The van der Waals surface area contributed by atoms with Crippen LogP contribution < -0.4 is 0 Å². The molecule has 0 saturated carbocycles. The highest BCUT2D eigenvalue weighted by molar-refractivity contribution is 6.30. The molecule has 0 bridgehead atoms. The van der Waals surface area contributed by atoms with E-state index in [-0.39, 0.29) is 24.2 Å². The van der Waals surface area contributed by atoms with E-state index >= 15 is 0 Å². The summed E-state index contributed by atoms with van der Waals surface area (Å²) in [5.74, 6) is -0.673. The average Bonchev–Trinajstić information content (AvgIpc) is 3.42. The second kappa shape index (κ2) is 15.2. The van der Waals surface area contributed by atoms with Crippen molar-refractivity contribution < 1.29 is 18.7 Å². The molecule has 4 rings (SSSR count). The summed E-state index contributed by atoms with van der Waals surface area (Å²) in [5.41, 5.74) is 3.36. The molecule has 0 saturated heterocycles. The van der Waals surface area contributed by atoms with Gasteiger partial charge in [0, 0.05) is 55.3 Å². The Hall–Kier alpha value is -3.94. The fourth-order valence-electron chi connectivity index (χ4n) is 4.56. The van der Waals surface area contributed by atoms with Gasteiger partial charge in [-0.3, -0.25) is 9.59 Å². The van der Waals surface area contributed by atoms with Crippen molar-refractivity contribution in [3.63, 3.8) is 0 Å². The molecule has 4 aromatic rings. The lowest BCUT2D eigenvalue weighted by Crippen LogP contribution is -2.43. The van der Waals surface area contributed by atoms with Gasteiger partial charge in [-0.05, 0) is 73.0 Å². The summed E-state index contributed by atoms with van der Waals surface area (Å²) in [4.78, 5) is 30.7. The van der Waals surface area contributed by atoms with E-state index < -0.39 is 0 Å². The summed E-state index contributed by atoms with van der Waals surface area (Å²) in [7, 11) is 0. The number of ether oxygens (including phenoxy) is 1. The lowest BCUT2D eigenvalue weighted by atomic mass is 10.1. The third-order valence-corrected chi connectivity index (χ3v) is 6.99. The molecular formula is C33H35ClFN3O3. The van der Waals surface area contributed by atoms with Gasteiger partial charge in [0.15, 0.2) is 0 Å². The van der Waals surface area contributed by atoms with E-state index in [4.69, 9.17) is 16.3 Å². The minimum atomic E-state index is -0.278. The topological polar surface area (TPSA) is 54.8 Å². The van der Waals surface area contributed by atoms with Gasteiger partial charge in [0.1, 0.15) is 12.4 Å². The molecule has 2 amide bonds. The number of carbonyl (C=O) groups is 2. The minimum absolute atomic E-state index is 0.0703. The first-order valence-corrected chi connectivity index (χ1v) is 14.1. The predicted octanol–water partition coefficient (Wildman–Crippen LogP) is 6.43. The Bertz CT molecular complexity index is 1390. The molecular weight excluding hydrogens is 541 g/mol. The van der Waals surface area contributed by atoms with E-state index in [9.17, 15) is 14.0 Å². The predicted molar refractivity (Wildman–Crippen MR) is 159 cm³/mol. The van der Waals surface area contributed by atoms with Crippen LogP contribution in [0.3, 0.4) is 0 Å². The van der Waals surface area contributed by atoms with Crippen molar-refractivity contribution >= 4 is 23.4 Å². The van der Waals surface area contributed by atoms with Crippen molar-refractivity contribution in [1.82, 2.24) is 14.4 Å². The highest BCUT2D eigenvalue weighted by atomic mass is 35.5. The molecule has 1 aromatic heterocycles. The number of nitrogens with zero attached hydrogens (tertiary/aromatic N) is 3. The average molecular weight is 576 g/mol. The van der Waals surface area contributed by atoms with E-state index in [0.29, 0.717) is 56.4 Å². The molecule has 0 aliphatic rings. The molecule has 8 heteroatoms. The molecule has 0 fully saturated rings. The van der Waals surface area contributed by atoms with Crippen LogP contribution in [0.15, 0.2) is 97.2 Å². The number of benzene rings is 3. The number of hydrogen-bond donors (Lipinski definition) is 0. The van der Waals surface area contributed by atoms with E-state index in [1.165, 1.54) is 12.1 Å². The third-order valence-electron chi connectivity index (χ3n) is 6.74. The first-order valence-electron chi connectivity index (χ1n) is 13.8. The molecule has 1 heterocycles. The van der Waals surface area contributed by atoms with Crippen LogP contribution in [-0.4, -0.2) is 52.5 Å². The summed E-state index contributed by atoms with van der Waals surface area (Å²) in [6.07, 6.45) is 2.56. The van der Waals surface area contributed by atoms with E-state index in [2.05, 4.69) is 4.57 Å². The molecule has 6 nitrogen and oxygen atoms in total. The fourth-order valence-corrected chi connectivity index (χ4v) is 4.68. The maximum absolute atomic E-state index is 13.9. The molecule has 214 valence electrons. The number of amides is 2. The molecule has 0 spiro atoms. The standard InChI is InChI=1S/C33H35ClFN3O3/c1-2-41-21-7-20-37(33(40)28-13-15-29(34)16-14-28)25-32(39)38(23-26-8-4-3-5-9-26)24-31-10-6-19-36(31)22-27-11-17-30(35)18-12-27/h3-6,8-19H,2,7,20-25H2,1H3.